The molecule has 2 bridgehead atoms. The molecule has 3 aliphatic rings. The van der Waals surface area contributed by atoms with Crippen molar-refractivity contribution >= 4 is 10.9 Å². The fourth-order valence-corrected chi connectivity index (χ4v) is 5.96. The van der Waals surface area contributed by atoms with Crippen molar-refractivity contribution in [2.24, 2.45) is 11.8 Å². The lowest BCUT2D eigenvalue weighted by atomic mass is 9.69. The van der Waals surface area contributed by atoms with E-state index in [0.717, 1.165) is 24.4 Å². The Bertz CT molecular complexity index is 965. The van der Waals surface area contributed by atoms with E-state index in [1.54, 1.807) is 0 Å². The van der Waals surface area contributed by atoms with Gasteiger partial charge in [0.1, 0.15) is 6.54 Å². The molecule has 0 N–H and O–H groups in total. The average Bonchev–Trinajstić information content (AvgIpc) is 2.76. The molecule has 0 radical (unpaired) electrons. The van der Waals surface area contributed by atoms with Gasteiger partial charge in [-0.05, 0) is 23.6 Å². The minimum absolute atomic E-state index is 0.607. The summed E-state index contributed by atoms with van der Waals surface area (Å²) < 4.78 is 1.22. The summed E-state index contributed by atoms with van der Waals surface area (Å²) in [7, 11) is 0. The molecule has 3 aromatic rings. The second-order valence-corrected chi connectivity index (χ2v) is 8.72. The molecule has 2 atom stereocenters. The van der Waals surface area contributed by atoms with Crippen LogP contribution >= 0.6 is 0 Å². The number of fused-ring (bicyclic) bond motifs is 4. The van der Waals surface area contributed by atoms with Crippen LogP contribution in [0.25, 0.3) is 10.9 Å². The van der Waals surface area contributed by atoms with Crippen molar-refractivity contribution in [2.45, 2.75) is 31.8 Å². The lowest BCUT2D eigenvalue weighted by Crippen LogP contribution is -2.67. The van der Waals surface area contributed by atoms with E-state index < -0.39 is 0 Å². The average molecular weight is 370 g/mol. The zero-order valence-electron chi connectivity index (χ0n) is 16.5. The predicted octanol–water partition coefficient (Wildman–Crippen LogP) is 5.39. The quantitative estimate of drug-likeness (QED) is 0.434. The van der Waals surface area contributed by atoms with Gasteiger partial charge in [-0.25, -0.2) is 0 Å². The van der Waals surface area contributed by atoms with Gasteiger partial charge in [0.25, 0.3) is 0 Å². The second-order valence-electron chi connectivity index (χ2n) is 8.72. The zero-order valence-corrected chi connectivity index (χ0v) is 16.5. The molecule has 2 aromatic carbocycles. The molecule has 3 fully saturated rings. The fraction of sp³-hybridized carbons (Fsp3) is 0.346. The van der Waals surface area contributed by atoms with Crippen LogP contribution in [0, 0.1) is 11.8 Å². The van der Waals surface area contributed by atoms with Crippen molar-refractivity contribution in [3.63, 3.8) is 0 Å². The minimum Gasteiger partial charge on any atom is -0.317 e. The molecule has 0 aliphatic carbocycles. The van der Waals surface area contributed by atoms with E-state index in [4.69, 9.17) is 0 Å². The second kappa shape index (κ2) is 7.18. The Morgan fingerprint density at radius 2 is 1.71 bits per heavy atom. The van der Waals surface area contributed by atoms with E-state index in [1.165, 1.54) is 46.9 Å². The molecular formula is C26H29N2+. The fourth-order valence-electron chi connectivity index (χ4n) is 5.96. The molecule has 142 valence electrons. The van der Waals surface area contributed by atoms with Crippen LogP contribution in [0.1, 0.15) is 24.0 Å². The Labute approximate surface area is 168 Å². The number of benzene rings is 2. The molecule has 3 saturated heterocycles. The van der Waals surface area contributed by atoms with E-state index in [0.29, 0.717) is 12.0 Å². The van der Waals surface area contributed by atoms with Gasteiger partial charge in [-0.3, -0.25) is 4.98 Å². The third kappa shape index (κ3) is 2.97. The molecule has 2 unspecified atom stereocenters. The van der Waals surface area contributed by atoms with E-state index in [1.807, 2.05) is 6.20 Å². The Balaban J connectivity index is 1.54. The molecule has 3 aliphatic heterocycles. The van der Waals surface area contributed by atoms with Crippen molar-refractivity contribution in [3.8, 4) is 0 Å². The topological polar surface area (TPSA) is 12.9 Å². The van der Waals surface area contributed by atoms with Crippen LogP contribution < -0.4 is 0 Å². The SMILES string of the molecule is C=CC1C2CC[N+](Cc3ccccc3)(CC2)C1Cc1ccnc2ccccc12. The molecule has 2 heteroatoms. The Hall–Kier alpha value is -2.45. The van der Waals surface area contributed by atoms with Crippen LogP contribution in [0.15, 0.2) is 79.5 Å². The normalized spacial score (nSPS) is 29.1. The molecular weight excluding hydrogens is 340 g/mol. The van der Waals surface area contributed by atoms with Crippen molar-refractivity contribution in [1.82, 2.24) is 4.98 Å². The first-order valence-corrected chi connectivity index (χ1v) is 10.6. The lowest BCUT2D eigenvalue weighted by Gasteiger charge is -2.58. The van der Waals surface area contributed by atoms with Gasteiger partial charge in [-0.2, -0.15) is 0 Å². The van der Waals surface area contributed by atoms with Gasteiger partial charge in [-0.15, -0.1) is 6.58 Å². The maximum atomic E-state index is 4.58. The third-order valence-corrected chi connectivity index (χ3v) is 7.36. The maximum Gasteiger partial charge on any atom is 0.105 e. The molecule has 1 aromatic heterocycles. The third-order valence-electron chi connectivity index (χ3n) is 7.36. The number of rotatable bonds is 5. The first-order valence-electron chi connectivity index (χ1n) is 10.6. The molecule has 28 heavy (non-hydrogen) atoms. The summed E-state index contributed by atoms with van der Waals surface area (Å²) >= 11 is 0. The molecule has 6 rings (SSSR count). The number of para-hydroxylation sites is 1. The van der Waals surface area contributed by atoms with Crippen LogP contribution in [0.4, 0.5) is 0 Å². The van der Waals surface area contributed by atoms with E-state index in [9.17, 15) is 0 Å². The standard InChI is InChI=1S/C26H29N2/c1-2-23-21-13-16-28(17-14-21,19-20-8-4-3-5-9-20)26(23)18-22-12-15-27-25-11-7-6-10-24(22)25/h2-12,15,21,23,26H,1,13-14,16-19H2/q+1. The van der Waals surface area contributed by atoms with Gasteiger partial charge >= 0.3 is 0 Å². The predicted molar refractivity (Wildman–Crippen MR) is 116 cm³/mol. The number of quaternary nitrogens is 1. The minimum atomic E-state index is 0.607. The first-order chi connectivity index (χ1) is 13.8. The summed E-state index contributed by atoms with van der Waals surface area (Å²) in [5.74, 6) is 1.42. The number of hydrogen-bond donors (Lipinski definition) is 0. The highest BCUT2D eigenvalue weighted by molar-refractivity contribution is 5.81. The molecule has 0 spiro atoms. The van der Waals surface area contributed by atoms with Gasteiger partial charge < -0.3 is 4.48 Å². The number of piperidine rings is 3. The van der Waals surface area contributed by atoms with Gasteiger partial charge in [0.15, 0.2) is 0 Å². The number of nitrogens with zero attached hydrogens (tertiary/aromatic N) is 2. The monoisotopic (exact) mass is 369 g/mol. The summed E-state index contributed by atoms with van der Waals surface area (Å²) in [6.07, 6.45) is 8.06. The van der Waals surface area contributed by atoms with Gasteiger partial charge in [0.2, 0.25) is 0 Å². The highest BCUT2D eigenvalue weighted by Gasteiger charge is 2.52. The summed E-state index contributed by atoms with van der Waals surface area (Å²) in [5.41, 5.74) is 4.02. The molecule has 2 nitrogen and oxygen atoms in total. The van der Waals surface area contributed by atoms with E-state index in [2.05, 4.69) is 78.3 Å². The smallest absolute Gasteiger partial charge is 0.105 e. The molecule has 0 amide bonds. The Morgan fingerprint density at radius 3 is 2.50 bits per heavy atom. The number of hydrogen-bond acceptors (Lipinski definition) is 1. The van der Waals surface area contributed by atoms with Crippen molar-refractivity contribution in [3.05, 3.63) is 90.6 Å². The highest BCUT2D eigenvalue weighted by atomic mass is 15.4. The van der Waals surface area contributed by atoms with E-state index >= 15 is 0 Å². The Kier molecular flexibility index (Phi) is 4.52. The van der Waals surface area contributed by atoms with Crippen LogP contribution in [0.5, 0.6) is 0 Å². The van der Waals surface area contributed by atoms with Crippen molar-refractivity contribution in [1.29, 1.82) is 0 Å². The summed E-state index contributed by atoms with van der Waals surface area (Å²) in [5, 5.41) is 1.31. The number of pyridine rings is 1. The van der Waals surface area contributed by atoms with Crippen LogP contribution in [-0.4, -0.2) is 28.6 Å². The van der Waals surface area contributed by atoms with E-state index in [-0.39, 0.29) is 0 Å². The summed E-state index contributed by atoms with van der Waals surface area (Å²) in [6.45, 7) is 8.02. The number of aromatic nitrogens is 1. The maximum absolute atomic E-state index is 4.58. The van der Waals surface area contributed by atoms with Crippen LogP contribution in [0.3, 0.4) is 0 Å². The summed E-state index contributed by atoms with van der Waals surface area (Å²) in [6, 6.07) is 22.5. The molecule has 0 saturated carbocycles. The van der Waals surface area contributed by atoms with Gasteiger partial charge in [0.05, 0.1) is 24.6 Å². The van der Waals surface area contributed by atoms with Crippen molar-refractivity contribution < 1.29 is 4.48 Å². The highest BCUT2D eigenvalue weighted by Crippen LogP contribution is 2.45. The largest absolute Gasteiger partial charge is 0.317 e. The Morgan fingerprint density at radius 1 is 0.964 bits per heavy atom. The van der Waals surface area contributed by atoms with Gasteiger partial charge in [0, 0.05) is 42.3 Å². The first kappa shape index (κ1) is 17.6. The van der Waals surface area contributed by atoms with Crippen LogP contribution in [-0.2, 0) is 13.0 Å². The summed E-state index contributed by atoms with van der Waals surface area (Å²) in [4.78, 5) is 4.58. The lowest BCUT2D eigenvalue weighted by molar-refractivity contribution is -0.981. The molecule has 4 heterocycles. The van der Waals surface area contributed by atoms with Crippen molar-refractivity contribution in [2.75, 3.05) is 13.1 Å². The van der Waals surface area contributed by atoms with Gasteiger partial charge in [-0.1, -0.05) is 54.6 Å². The van der Waals surface area contributed by atoms with Crippen LogP contribution in [0.2, 0.25) is 0 Å². The zero-order chi connectivity index (χ0) is 19.0.